The first-order chi connectivity index (χ1) is 17.6. The van der Waals surface area contributed by atoms with Gasteiger partial charge in [0.05, 0.1) is 5.56 Å². The number of ether oxygens (including phenoxy) is 1. The number of nitrogens with one attached hydrogen (secondary N) is 1. The van der Waals surface area contributed by atoms with Crippen LogP contribution in [0.4, 0.5) is 23.7 Å². The van der Waals surface area contributed by atoms with Crippen LogP contribution in [0.25, 0.3) is 0 Å². The molecule has 2 amide bonds. The first-order valence-corrected chi connectivity index (χ1v) is 12.5. The van der Waals surface area contributed by atoms with Crippen LogP contribution in [0.1, 0.15) is 30.9 Å². The fourth-order valence-electron chi connectivity index (χ4n) is 5.97. The number of halogens is 3. The van der Waals surface area contributed by atoms with E-state index in [1.165, 1.54) is 23.8 Å². The number of rotatable bonds is 5. The Morgan fingerprint density at radius 1 is 1.16 bits per heavy atom. The molecule has 37 heavy (non-hydrogen) atoms. The molecule has 1 atom stereocenters. The molecule has 1 N–H and O–H groups in total. The number of anilines is 1. The van der Waals surface area contributed by atoms with Crippen molar-refractivity contribution in [2.75, 3.05) is 37.6 Å². The number of hydrogen-bond acceptors (Lipinski definition) is 5. The molecule has 3 aliphatic rings. The Kier molecular flexibility index (Phi) is 6.67. The third-order valence-electron chi connectivity index (χ3n) is 7.62. The minimum atomic E-state index is -4.86. The van der Waals surface area contributed by atoms with E-state index in [-0.39, 0.29) is 23.7 Å². The second-order valence-corrected chi connectivity index (χ2v) is 10.5. The van der Waals surface area contributed by atoms with E-state index in [9.17, 15) is 23.2 Å². The largest absolute Gasteiger partial charge is 0.573 e. The average molecular weight is 514 g/mol. The molecule has 2 aromatic rings. The Labute approximate surface area is 214 Å². The molecule has 2 heterocycles. The van der Waals surface area contributed by atoms with Crippen molar-refractivity contribution in [1.82, 2.24) is 15.1 Å². The summed E-state index contributed by atoms with van der Waals surface area (Å²) in [6.45, 7) is 6.58. The summed E-state index contributed by atoms with van der Waals surface area (Å²) >= 11 is 0. The predicted octanol–water partition coefficient (Wildman–Crippen LogP) is 4.34. The van der Waals surface area contributed by atoms with Crippen molar-refractivity contribution in [3.8, 4) is 11.8 Å². The lowest BCUT2D eigenvalue weighted by atomic mass is 9.60. The van der Waals surface area contributed by atoms with Crippen LogP contribution in [0, 0.1) is 16.7 Å². The number of hydrogen-bond donors (Lipinski definition) is 1. The van der Waals surface area contributed by atoms with Gasteiger partial charge in [-0.15, -0.1) is 13.2 Å². The van der Waals surface area contributed by atoms with Crippen LogP contribution >= 0.6 is 0 Å². The van der Waals surface area contributed by atoms with Gasteiger partial charge in [-0.25, -0.2) is 4.79 Å². The SMILES string of the molecule is C[C@@H]1CN(c2ccc(OC(F)(F)F)c(C#N)c2)CCN1C(=O)NC1CC2(C1)CN(Cc1ccccc1)C2. The van der Waals surface area contributed by atoms with Crippen molar-refractivity contribution in [3.63, 3.8) is 0 Å². The number of piperazine rings is 1. The number of carbonyl (C=O) groups is 1. The van der Waals surface area contributed by atoms with Gasteiger partial charge in [0.2, 0.25) is 0 Å². The van der Waals surface area contributed by atoms with Crippen molar-refractivity contribution in [3.05, 3.63) is 59.7 Å². The van der Waals surface area contributed by atoms with Gasteiger partial charge in [0.15, 0.2) is 0 Å². The van der Waals surface area contributed by atoms with Crippen LogP contribution in [0.5, 0.6) is 5.75 Å². The third-order valence-corrected chi connectivity index (χ3v) is 7.62. The molecule has 3 fully saturated rings. The predicted molar refractivity (Wildman–Crippen MR) is 132 cm³/mol. The van der Waals surface area contributed by atoms with E-state index in [1.54, 1.807) is 6.07 Å². The molecule has 0 radical (unpaired) electrons. The molecule has 196 valence electrons. The number of carbonyl (C=O) groups excluding carboxylic acids is 1. The first kappa shape index (κ1) is 25.2. The quantitative estimate of drug-likeness (QED) is 0.644. The number of nitrogens with zero attached hydrogens (tertiary/aromatic N) is 4. The molecule has 0 unspecified atom stereocenters. The number of alkyl halides is 3. The van der Waals surface area contributed by atoms with Gasteiger partial charge >= 0.3 is 12.4 Å². The van der Waals surface area contributed by atoms with Gasteiger partial charge in [-0.2, -0.15) is 5.26 Å². The van der Waals surface area contributed by atoms with Gasteiger partial charge in [0.1, 0.15) is 11.8 Å². The summed E-state index contributed by atoms with van der Waals surface area (Å²) in [7, 11) is 0. The van der Waals surface area contributed by atoms with Crippen molar-refractivity contribution in [1.29, 1.82) is 5.26 Å². The maximum Gasteiger partial charge on any atom is 0.573 e. The zero-order valence-electron chi connectivity index (χ0n) is 20.7. The van der Waals surface area contributed by atoms with Gasteiger partial charge < -0.3 is 19.9 Å². The molecule has 7 nitrogen and oxygen atoms in total. The molecule has 5 rings (SSSR count). The summed E-state index contributed by atoms with van der Waals surface area (Å²) in [5.41, 5.74) is 2.10. The molecule has 1 saturated carbocycles. The summed E-state index contributed by atoms with van der Waals surface area (Å²) in [4.78, 5) is 19.2. The molecule has 0 bridgehead atoms. The molecule has 0 aromatic heterocycles. The fourth-order valence-corrected chi connectivity index (χ4v) is 5.97. The lowest BCUT2D eigenvalue weighted by Gasteiger charge is -2.59. The lowest BCUT2D eigenvalue weighted by Crippen LogP contribution is -2.67. The number of urea groups is 1. The zero-order chi connectivity index (χ0) is 26.2. The summed E-state index contributed by atoms with van der Waals surface area (Å²) in [6, 6.07) is 16.3. The zero-order valence-corrected chi connectivity index (χ0v) is 20.7. The second kappa shape index (κ2) is 9.78. The normalized spacial score (nSPS) is 21.6. The van der Waals surface area contributed by atoms with E-state index in [1.807, 2.05) is 22.8 Å². The van der Waals surface area contributed by atoms with E-state index in [4.69, 9.17) is 0 Å². The van der Waals surface area contributed by atoms with Crippen molar-refractivity contribution >= 4 is 11.7 Å². The standard InChI is InChI=1S/C27H30F3N5O2/c1-19-15-34(23-7-8-24(21(11-23)14-31)37-27(28,29)30)9-10-35(19)25(36)32-22-12-26(13-22)17-33(18-26)16-20-5-3-2-4-6-20/h2-8,11,19,22H,9-10,12-13,15-18H2,1H3,(H,32,36)/t19-/m1/s1. The van der Waals surface area contributed by atoms with Crippen LogP contribution in [-0.4, -0.2) is 67.0 Å². The molecule has 2 aliphatic heterocycles. The highest BCUT2D eigenvalue weighted by Crippen LogP contribution is 2.48. The van der Waals surface area contributed by atoms with E-state index >= 15 is 0 Å². The topological polar surface area (TPSA) is 71.8 Å². The molecule has 1 spiro atoms. The third kappa shape index (κ3) is 5.62. The fraction of sp³-hybridized carbons (Fsp3) is 0.481. The number of benzene rings is 2. The molecule has 1 aliphatic carbocycles. The average Bonchev–Trinajstić information content (AvgIpc) is 2.81. The number of nitriles is 1. The Hall–Kier alpha value is -3.45. The minimum absolute atomic E-state index is 0.0703. The van der Waals surface area contributed by atoms with Crippen LogP contribution in [-0.2, 0) is 6.54 Å². The molecular formula is C27H30F3N5O2. The van der Waals surface area contributed by atoms with Crippen molar-refractivity contribution in [2.24, 2.45) is 5.41 Å². The van der Waals surface area contributed by atoms with Gasteiger partial charge in [0.25, 0.3) is 0 Å². The molecular weight excluding hydrogens is 483 g/mol. The lowest BCUT2D eigenvalue weighted by molar-refractivity contribution is -0.274. The maximum absolute atomic E-state index is 13.0. The molecule has 2 aromatic carbocycles. The Morgan fingerprint density at radius 2 is 1.89 bits per heavy atom. The molecule has 10 heteroatoms. The summed E-state index contributed by atoms with van der Waals surface area (Å²) in [5, 5.41) is 12.5. The summed E-state index contributed by atoms with van der Waals surface area (Å²) in [5.74, 6) is -0.516. The second-order valence-electron chi connectivity index (χ2n) is 10.5. The van der Waals surface area contributed by atoms with E-state index in [0.717, 1.165) is 32.5 Å². The molecule has 2 saturated heterocycles. The van der Waals surface area contributed by atoms with Crippen LogP contribution in [0.2, 0.25) is 0 Å². The Balaban J connectivity index is 1.09. The summed E-state index contributed by atoms with van der Waals surface area (Å²) < 4.78 is 41.7. The highest BCUT2D eigenvalue weighted by molar-refractivity contribution is 5.75. The highest BCUT2D eigenvalue weighted by atomic mass is 19.4. The van der Waals surface area contributed by atoms with E-state index < -0.39 is 12.1 Å². The van der Waals surface area contributed by atoms with E-state index in [2.05, 4.69) is 39.2 Å². The van der Waals surface area contributed by atoms with Gasteiger partial charge in [-0.3, -0.25) is 4.90 Å². The monoisotopic (exact) mass is 513 g/mol. The maximum atomic E-state index is 13.0. The highest BCUT2D eigenvalue weighted by Gasteiger charge is 2.52. The number of likely N-dealkylation sites (tertiary alicyclic amines) is 1. The van der Waals surface area contributed by atoms with Crippen LogP contribution < -0.4 is 15.0 Å². The minimum Gasteiger partial charge on any atom is -0.404 e. The summed E-state index contributed by atoms with van der Waals surface area (Å²) in [6.07, 6.45) is -2.86. The first-order valence-electron chi connectivity index (χ1n) is 12.5. The van der Waals surface area contributed by atoms with Crippen molar-refractivity contribution in [2.45, 2.75) is 44.8 Å². The van der Waals surface area contributed by atoms with Crippen molar-refractivity contribution < 1.29 is 22.7 Å². The Morgan fingerprint density at radius 3 is 2.54 bits per heavy atom. The van der Waals surface area contributed by atoms with Crippen LogP contribution in [0.3, 0.4) is 0 Å². The van der Waals surface area contributed by atoms with E-state index in [0.29, 0.717) is 30.7 Å². The van der Waals surface area contributed by atoms with Gasteiger partial charge in [-0.05, 0) is 48.9 Å². The number of amides is 2. The van der Waals surface area contributed by atoms with Gasteiger partial charge in [0, 0.05) is 57.0 Å². The smallest absolute Gasteiger partial charge is 0.404 e. The Bertz CT molecular complexity index is 1170. The van der Waals surface area contributed by atoms with Crippen LogP contribution in [0.15, 0.2) is 48.5 Å². The van der Waals surface area contributed by atoms with Gasteiger partial charge in [-0.1, -0.05) is 30.3 Å².